The molecule has 10 nitrogen and oxygen atoms in total. The molecule has 2 aromatic rings. The molecule has 0 aliphatic rings. The number of aryl methyl sites for hydroxylation is 2. The number of carbonyl (C=O) groups excluding carboxylic acids is 2. The van der Waals surface area contributed by atoms with Crippen molar-refractivity contribution in [2.24, 2.45) is 0 Å². The van der Waals surface area contributed by atoms with Gasteiger partial charge in [-0.2, -0.15) is 0 Å². The predicted molar refractivity (Wildman–Crippen MR) is 112 cm³/mol. The minimum absolute atomic E-state index is 0.0958. The molecule has 0 aliphatic carbocycles. The molecule has 0 unspecified atom stereocenters. The first-order chi connectivity index (χ1) is 14.1. The third kappa shape index (κ3) is 4.47. The first kappa shape index (κ1) is 23.0. The minimum Gasteiger partial charge on any atom is -0.465 e. The molecule has 0 saturated heterocycles. The van der Waals surface area contributed by atoms with Gasteiger partial charge in [-0.15, -0.1) is 0 Å². The topological polar surface area (TPSA) is 141 Å². The van der Waals surface area contributed by atoms with E-state index in [1.54, 1.807) is 27.7 Å². The Morgan fingerprint density at radius 2 is 1.83 bits per heavy atom. The van der Waals surface area contributed by atoms with Crippen LogP contribution >= 0.6 is 0 Å². The van der Waals surface area contributed by atoms with E-state index in [9.17, 15) is 19.2 Å². The number of unbranched alkanes of at least 4 members (excludes halogenated alkanes) is 1. The van der Waals surface area contributed by atoms with E-state index < -0.39 is 29.7 Å². The number of esters is 1. The van der Waals surface area contributed by atoms with E-state index in [2.05, 4.69) is 4.98 Å². The summed E-state index contributed by atoms with van der Waals surface area (Å²) in [4.78, 5) is 52.9. The average Bonchev–Trinajstić information content (AvgIpc) is 2.94. The van der Waals surface area contributed by atoms with Crippen molar-refractivity contribution in [1.82, 2.24) is 9.55 Å². The molecule has 164 valence electrons. The summed E-state index contributed by atoms with van der Waals surface area (Å²) in [7, 11) is 0. The number of nitrogen functional groups attached to an aromatic ring is 1. The molecule has 2 rings (SSSR count). The van der Waals surface area contributed by atoms with Crippen LogP contribution in [0, 0.1) is 20.8 Å². The fourth-order valence-electron chi connectivity index (χ4n) is 3.21. The minimum atomic E-state index is -0.774. The molecular formula is C20H28N4O6. The number of anilines is 2. The van der Waals surface area contributed by atoms with Crippen LogP contribution in [-0.2, 0) is 16.1 Å². The van der Waals surface area contributed by atoms with Gasteiger partial charge in [-0.25, -0.2) is 9.59 Å². The number of H-pyrrole nitrogens is 1. The van der Waals surface area contributed by atoms with Gasteiger partial charge in [0.1, 0.15) is 22.9 Å². The van der Waals surface area contributed by atoms with Crippen LogP contribution < -0.4 is 21.9 Å². The summed E-state index contributed by atoms with van der Waals surface area (Å²) in [5.74, 6) is -0.440. The van der Waals surface area contributed by atoms with Crippen molar-refractivity contribution in [3.05, 3.63) is 43.5 Å². The zero-order chi connectivity index (χ0) is 22.6. The highest BCUT2D eigenvalue weighted by Crippen LogP contribution is 2.22. The molecule has 0 spiro atoms. The molecule has 1 amide bonds. The van der Waals surface area contributed by atoms with E-state index >= 15 is 0 Å². The molecule has 0 aromatic carbocycles. The molecule has 2 heterocycles. The van der Waals surface area contributed by atoms with Gasteiger partial charge in [-0.3, -0.25) is 19.1 Å². The predicted octanol–water partition coefficient (Wildman–Crippen LogP) is 1.65. The Morgan fingerprint density at radius 3 is 2.37 bits per heavy atom. The number of carbonyl (C=O) groups is 2. The van der Waals surface area contributed by atoms with Gasteiger partial charge in [-0.1, -0.05) is 13.3 Å². The number of ether oxygens (including phenoxy) is 1. The second-order valence-electron chi connectivity index (χ2n) is 6.93. The van der Waals surface area contributed by atoms with Crippen LogP contribution in [0.4, 0.5) is 11.5 Å². The molecule has 3 N–H and O–H groups in total. The number of hydrogen-bond acceptors (Lipinski definition) is 7. The van der Waals surface area contributed by atoms with Crippen molar-refractivity contribution in [2.45, 2.75) is 54.0 Å². The SMILES string of the molecule is CCCCn1c(N)c(N(CC)C(=O)COC(=O)c2c(C)oc(C)c2C)c(=O)[nH]c1=O. The van der Waals surface area contributed by atoms with Gasteiger partial charge in [0.25, 0.3) is 11.5 Å². The quantitative estimate of drug-likeness (QED) is 0.619. The zero-order valence-corrected chi connectivity index (χ0v) is 18.0. The van der Waals surface area contributed by atoms with Crippen LogP contribution in [0.5, 0.6) is 0 Å². The summed E-state index contributed by atoms with van der Waals surface area (Å²) in [5.41, 5.74) is 5.42. The van der Waals surface area contributed by atoms with Gasteiger partial charge in [0.15, 0.2) is 12.3 Å². The van der Waals surface area contributed by atoms with E-state index in [4.69, 9.17) is 14.9 Å². The number of likely N-dealkylation sites (N-methyl/N-ethyl adjacent to an activating group) is 1. The monoisotopic (exact) mass is 420 g/mol. The van der Waals surface area contributed by atoms with Crippen LogP contribution in [0.3, 0.4) is 0 Å². The van der Waals surface area contributed by atoms with Crippen molar-refractivity contribution in [1.29, 1.82) is 0 Å². The lowest BCUT2D eigenvalue weighted by atomic mass is 10.1. The second kappa shape index (κ2) is 9.47. The summed E-state index contributed by atoms with van der Waals surface area (Å²) in [5, 5.41) is 0. The number of nitrogens with one attached hydrogen (secondary N) is 1. The van der Waals surface area contributed by atoms with Gasteiger partial charge in [-0.05, 0) is 34.1 Å². The zero-order valence-electron chi connectivity index (χ0n) is 18.0. The summed E-state index contributed by atoms with van der Waals surface area (Å²) in [6, 6.07) is 0. The maximum atomic E-state index is 12.7. The van der Waals surface area contributed by atoms with Crippen molar-refractivity contribution in [3.63, 3.8) is 0 Å². The van der Waals surface area contributed by atoms with Crippen LogP contribution in [-0.4, -0.2) is 34.6 Å². The lowest BCUT2D eigenvalue weighted by Crippen LogP contribution is -2.42. The maximum Gasteiger partial charge on any atom is 0.342 e. The molecular weight excluding hydrogens is 392 g/mol. The summed E-state index contributed by atoms with van der Waals surface area (Å²) in [6.45, 7) is 8.50. The molecule has 0 fully saturated rings. The van der Waals surface area contributed by atoms with Crippen molar-refractivity contribution < 1.29 is 18.7 Å². The molecule has 0 radical (unpaired) electrons. The number of nitrogens with zero attached hydrogens (tertiary/aromatic N) is 2. The van der Waals surface area contributed by atoms with Gasteiger partial charge in [0, 0.05) is 18.7 Å². The number of hydrogen-bond donors (Lipinski definition) is 2. The van der Waals surface area contributed by atoms with E-state index in [0.717, 1.165) is 11.3 Å². The molecule has 10 heteroatoms. The fourth-order valence-corrected chi connectivity index (χ4v) is 3.21. The molecule has 0 atom stereocenters. The summed E-state index contributed by atoms with van der Waals surface area (Å²) < 4.78 is 11.8. The summed E-state index contributed by atoms with van der Waals surface area (Å²) >= 11 is 0. The van der Waals surface area contributed by atoms with Gasteiger partial charge < -0.3 is 19.8 Å². The van der Waals surface area contributed by atoms with Gasteiger partial charge in [0.05, 0.1) is 0 Å². The molecule has 30 heavy (non-hydrogen) atoms. The van der Waals surface area contributed by atoms with Crippen molar-refractivity contribution >= 4 is 23.4 Å². The Kier molecular flexibility index (Phi) is 7.25. The Bertz CT molecular complexity index is 1060. The Morgan fingerprint density at radius 1 is 1.17 bits per heavy atom. The first-order valence-electron chi connectivity index (χ1n) is 9.80. The molecule has 2 aromatic heterocycles. The van der Waals surface area contributed by atoms with E-state index in [1.165, 1.54) is 4.57 Å². The normalized spacial score (nSPS) is 10.8. The van der Waals surface area contributed by atoms with E-state index in [-0.39, 0.29) is 23.6 Å². The molecule has 0 saturated carbocycles. The number of rotatable bonds is 8. The fraction of sp³-hybridized carbons (Fsp3) is 0.500. The lowest BCUT2D eigenvalue weighted by molar-refractivity contribution is -0.121. The number of furan rings is 1. The summed E-state index contributed by atoms with van der Waals surface area (Å²) in [6.07, 6.45) is 1.50. The number of aromatic nitrogens is 2. The largest absolute Gasteiger partial charge is 0.465 e. The number of aromatic amines is 1. The average molecular weight is 420 g/mol. The lowest BCUT2D eigenvalue weighted by Gasteiger charge is -2.23. The Labute approximate surface area is 173 Å². The van der Waals surface area contributed by atoms with Crippen molar-refractivity contribution in [3.8, 4) is 0 Å². The Hall–Kier alpha value is -3.30. The third-order valence-electron chi connectivity index (χ3n) is 4.93. The smallest absolute Gasteiger partial charge is 0.342 e. The van der Waals surface area contributed by atoms with E-state index in [0.29, 0.717) is 30.0 Å². The number of nitrogens with two attached hydrogens (primary N) is 1. The highest BCUT2D eigenvalue weighted by Gasteiger charge is 2.25. The maximum absolute atomic E-state index is 12.7. The Balaban J connectivity index is 2.27. The number of amides is 1. The second-order valence-corrected chi connectivity index (χ2v) is 6.93. The highest BCUT2D eigenvalue weighted by molar-refractivity contribution is 5.99. The molecule has 0 aliphatic heterocycles. The van der Waals surface area contributed by atoms with Gasteiger partial charge in [0.2, 0.25) is 0 Å². The van der Waals surface area contributed by atoms with Crippen molar-refractivity contribution in [2.75, 3.05) is 23.8 Å². The first-order valence-corrected chi connectivity index (χ1v) is 9.80. The van der Waals surface area contributed by atoms with Crippen LogP contribution in [0.25, 0.3) is 0 Å². The van der Waals surface area contributed by atoms with Gasteiger partial charge >= 0.3 is 11.7 Å². The van der Waals surface area contributed by atoms with E-state index in [1.807, 2.05) is 6.92 Å². The third-order valence-corrected chi connectivity index (χ3v) is 4.93. The molecule has 0 bridgehead atoms. The highest BCUT2D eigenvalue weighted by atomic mass is 16.5. The van der Waals surface area contributed by atoms with Crippen LogP contribution in [0.2, 0.25) is 0 Å². The standard InChI is InChI=1S/C20H28N4O6/c1-6-8-9-24-17(21)16(18(26)22-20(24)28)23(7-2)14(25)10-29-19(27)15-11(3)12(4)30-13(15)5/h6-10,21H2,1-5H3,(H,22,26,28). The van der Waals surface area contributed by atoms with Crippen LogP contribution in [0.1, 0.15) is 54.1 Å². The van der Waals surface area contributed by atoms with Crippen LogP contribution in [0.15, 0.2) is 14.0 Å².